The lowest BCUT2D eigenvalue weighted by Crippen LogP contribution is -2.28. The minimum Gasteiger partial charge on any atom is -0.358 e. The van der Waals surface area contributed by atoms with Crippen LogP contribution in [-0.2, 0) is 0 Å². The monoisotopic (exact) mass is 446 g/mol. The minimum atomic E-state index is 0.771. The number of hydrogen-bond donors (Lipinski definition) is 2. The Morgan fingerprint density at radius 1 is 0.586 bits per heavy atom. The highest BCUT2D eigenvalue weighted by atomic mass is 32.1. The zero-order valence-electron chi connectivity index (χ0n) is 20.4. The maximum atomic E-state index is 5.16. The van der Waals surface area contributed by atoms with Crippen LogP contribution < -0.4 is 5.32 Å². The molecule has 2 nitrogen and oxygen atoms in total. The molecular weight excluding hydrogens is 392 g/mol. The fourth-order valence-corrected chi connectivity index (χ4v) is 3.62. The first-order chi connectivity index (χ1) is 14.1. The fraction of sp³-hybridized carbons (Fsp3) is 0.960. The van der Waals surface area contributed by atoms with Crippen molar-refractivity contribution < 1.29 is 0 Å². The molecule has 0 aliphatic rings. The van der Waals surface area contributed by atoms with Gasteiger partial charge in [-0.3, -0.25) is 0 Å². The van der Waals surface area contributed by atoms with Crippen molar-refractivity contribution in [2.45, 2.75) is 130 Å². The molecule has 176 valence electrons. The number of nitrogens with zero attached hydrogens (tertiary/aromatic N) is 1. The van der Waals surface area contributed by atoms with Crippen LogP contribution in [0, 0.1) is 0 Å². The molecule has 0 spiro atoms. The molecule has 0 aromatic carbocycles. The summed E-state index contributed by atoms with van der Waals surface area (Å²) in [6.45, 7) is 13.6. The number of rotatable bonds is 20. The van der Waals surface area contributed by atoms with Crippen LogP contribution in [0.15, 0.2) is 0 Å². The molecule has 4 heteroatoms. The third-order valence-corrected chi connectivity index (χ3v) is 5.79. The Hall–Kier alpha value is 0.200. The maximum absolute atomic E-state index is 5.16. The summed E-state index contributed by atoms with van der Waals surface area (Å²) in [4.78, 5) is 2.25. The Morgan fingerprint density at radius 2 is 0.931 bits per heavy atom. The van der Waals surface area contributed by atoms with Gasteiger partial charge in [-0.05, 0) is 38.8 Å². The van der Waals surface area contributed by atoms with Crippen molar-refractivity contribution in [2.75, 3.05) is 26.2 Å². The van der Waals surface area contributed by atoms with Crippen molar-refractivity contribution >= 4 is 29.2 Å². The summed E-state index contributed by atoms with van der Waals surface area (Å²) in [6, 6.07) is 0. The van der Waals surface area contributed by atoms with E-state index in [4.69, 9.17) is 12.2 Å². The van der Waals surface area contributed by atoms with Crippen molar-refractivity contribution in [1.29, 1.82) is 0 Å². The molecular formula is C25H54N2S2. The Morgan fingerprint density at radius 3 is 1.24 bits per heavy atom. The molecule has 29 heavy (non-hydrogen) atoms. The molecule has 0 rings (SSSR count). The minimum absolute atomic E-state index is 0.771. The summed E-state index contributed by atoms with van der Waals surface area (Å²) < 4.78 is 0.771. The molecule has 0 atom stereocenters. The summed E-state index contributed by atoms with van der Waals surface area (Å²) in [7, 11) is 0. The van der Waals surface area contributed by atoms with E-state index < -0.39 is 0 Å². The van der Waals surface area contributed by atoms with Crippen LogP contribution in [0.1, 0.15) is 130 Å². The lowest BCUT2D eigenvalue weighted by atomic mass is 10.2. The van der Waals surface area contributed by atoms with Crippen molar-refractivity contribution in [3.8, 4) is 0 Å². The summed E-state index contributed by atoms with van der Waals surface area (Å²) in [5.74, 6) is 0. The first-order valence-electron chi connectivity index (χ1n) is 12.8. The topological polar surface area (TPSA) is 15.3 Å². The van der Waals surface area contributed by atoms with Gasteiger partial charge in [0.15, 0.2) is 0 Å². The summed E-state index contributed by atoms with van der Waals surface area (Å²) in [5, 5.41) is 3.50. The summed E-state index contributed by atoms with van der Waals surface area (Å²) >= 11 is 9.46. The third kappa shape index (κ3) is 28.2. The lowest BCUT2D eigenvalue weighted by molar-refractivity contribution is 0.398. The Labute approximate surface area is 195 Å². The zero-order valence-corrected chi connectivity index (χ0v) is 22.2. The number of thiocarbonyl (C=S) groups is 1. The van der Waals surface area contributed by atoms with E-state index in [2.05, 4.69) is 50.5 Å². The molecule has 0 heterocycles. The summed E-state index contributed by atoms with van der Waals surface area (Å²) in [5.41, 5.74) is 0. The number of nitrogens with one attached hydrogen (secondary N) is 1. The molecule has 1 N–H and O–H groups in total. The van der Waals surface area contributed by atoms with E-state index in [1.165, 1.54) is 116 Å². The standard InChI is InChI=1S/C13H27NS2.C12H27N/c1-3-5-7-9-11-14(13(15)16)12-10-8-6-4-2;1-3-5-7-9-11-13-12-10-8-6-4-2/h3-12H2,1-2H3,(H,15,16);13H,3-12H2,1-2H3. The van der Waals surface area contributed by atoms with Gasteiger partial charge in [-0.15, -0.1) is 12.6 Å². The molecule has 0 saturated heterocycles. The van der Waals surface area contributed by atoms with E-state index in [-0.39, 0.29) is 0 Å². The van der Waals surface area contributed by atoms with Crippen LogP contribution in [0.4, 0.5) is 0 Å². The van der Waals surface area contributed by atoms with Crippen molar-refractivity contribution in [1.82, 2.24) is 10.2 Å². The smallest absolute Gasteiger partial charge is 0.133 e. The van der Waals surface area contributed by atoms with E-state index in [1.807, 2.05) is 0 Å². The summed E-state index contributed by atoms with van der Waals surface area (Å²) in [6.07, 6.45) is 21.4. The Kier molecular flexibility index (Phi) is 30.5. The van der Waals surface area contributed by atoms with Crippen LogP contribution in [0.25, 0.3) is 0 Å². The predicted molar refractivity (Wildman–Crippen MR) is 143 cm³/mol. The first kappa shape index (κ1) is 31.4. The lowest BCUT2D eigenvalue weighted by Gasteiger charge is -2.22. The molecule has 0 amide bonds. The highest BCUT2D eigenvalue weighted by Crippen LogP contribution is 2.07. The molecule has 0 aromatic rings. The number of thiol groups is 1. The van der Waals surface area contributed by atoms with Gasteiger partial charge in [-0.25, -0.2) is 0 Å². The van der Waals surface area contributed by atoms with E-state index >= 15 is 0 Å². The second-order valence-electron chi connectivity index (χ2n) is 8.26. The average Bonchev–Trinajstić information content (AvgIpc) is 2.71. The van der Waals surface area contributed by atoms with Gasteiger partial charge in [0.2, 0.25) is 0 Å². The first-order valence-corrected chi connectivity index (χ1v) is 13.7. The van der Waals surface area contributed by atoms with E-state index in [9.17, 15) is 0 Å². The molecule has 0 aromatic heterocycles. The number of unbranched alkanes of at least 4 members (excludes halogenated alkanes) is 12. The van der Waals surface area contributed by atoms with Crippen LogP contribution in [-0.4, -0.2) is 35.4 Å². The normalized spacial score (nSPS) is 10.5. The molecule has 0 fully saturated rings. The highest BCUT2D eigenvalue weighted by molar-refractivity contribution is 8.10. The molecule has 0 bridgehead atoms. The van der Waals surface area contributed by atoms with Gasteiger partial charge in [-0.1, -0.05) is 117 Å². The van der Waals surface area contributed by atoms with E-state index in [1.54, 1.807) is 0 Å². The molecule has 0 radical (unpaired) electrons. The van der Waals surface area contributed by atoms with E-state index in [0.717, 1.165) is 17.4 Å². The van der Waals surface area contributed by atoms with Gasteiger partial charge in [-0.2, -0.15) is 0 Å². The third-order valence-electron chi connectivity index (χ3n) is 5.25. The predicted octanol–water partition coefficient (Wildman–Crippen LogP) is 8.40. The quantitative estimate of drug-likeness (QED) is 0.111. The second kappa shape index (κ2) is 28.2. The van der Waals surface area contributed by atoms with Crippen LogP contribution in [0.5, 0.6) is 0 Å². The van der Waals surface area contributed by atoms with Crippen molar-refractivity contribution in [2.24, 2.45) is 0 Å². The van der Waals surface area contributed by atoms with Crippen LogP contribution in [0.2, 0.25) is 0 Å². The maximum Gasteiger partial charge on any atom is 0.133 e. The van der Waals surface area contributed by atoms with Gasteiger partial charge in [0, 0.05) is 13.1 Å². The average molecular weight is 447 g/mol. The van der Waals surface area contributed by atoms with Crippen molar-refractivity contribution in [3.05, 3.63) is 0 Å². The Bertz CT molecular complexity index is 289. The Balaban J connectivity index is 0. The number of hydrogen-bond acceptors (Lipinski definition) is 2. The SMILES string of the molecule is CCCCCCN(CCCCCC)C(=S)S.CCCCCCNCCCCCC. The van der Waals surface area contributed by atoms with Gasteiger partial charge < -0.3 is 10.2 Å². The highest BCUT2D eigenvalue weighted by Gasteiger charge is 2.05. The van der Waals surface area contributed by atoms with Gasteiger partial charge >= 0.3 is 0 Å². The molecule has 0 aliphatic heterocycles. The molecule has 0 saturated carbocycles. The second-order valence-corrected chi connectivity index (χ2v) is 9.38. The molecule has 0 aliphatic carbocycles. The van der Waals surface area contributed by atoms with Crippen LogP contribution >= 0.6 is 24.8 Å². The molecule has 0 unspecified atom stereocenters. The van der Waals surface area contributed by atoms with Gasteiger partial charge in [0.25, 0.3) is 0 Å². The fourth-order valence-electron chi connectivity index (χ4n) is 3.24. The van der Waals surface area contributed by atoms with Crippen LogP contribution in [0.3, 0.4) is 0 Å². The van der Waals surface area contributed by atoms with E-state index in [0.29, 0.717) is 0 Å². The largest absolute Gasteiger partial charge is 0.358 e. The van der Waals surface area contributed by atoms with Crippen molar-refractivity contribution in [3.63, 3.8) is 0 Å². The van der Waals surface area contributed by atoms with Gasteiger partial charge in [0.1, 0.15) is 4.32 Å². The van der Waals surface area contributed by atoms with Gasteiger partial charge in [0.05, 0.1) is 0 Å². The zero-order chi connectivity index (χ0) is 22.0.